The van der Waals surface area contributed by atoms with Gasteiger partial charge in [0.2, 0.25) is 0 Å². The van der Waals surface area contributed by atoms with Crippen LogP contribution in [0.5, 0.6) is 0 Å². The average molecular weight is 342 g/mol. The Morgan fingerprint density at radius 1 is 1.30 bits per heavy atom. The number of carboxylic acid groups (broad SMARTS) is 1. The number of hydrogen-bond acceptors (Lipinski definition) is 2. The van der Waals surface area contributed by atoms with Crippen LogP contribution in [-0.4, -0.2) is 23.7 Å². The van der Waals surface area contributed by atoms with E-state index in [2.05, 4.69) is 48.5 Å². The van der Waals surface area contributed by atoms with Crippen LogP contribution in [0.1, 0.15) is 50.9 Å². The Bertz CT molecular complexity index is 456. The number of nitrogens with zero attached hydrogens (tertiary/aromatic N) is 1. The van der Waals surface area contributed by atoms with Gasteiger partial charge >= 0.3 is 5.97 Å². The average Bonchev–Trinajstić information content (AvgIpc) is 2.38. The Kier molecular flexibility index (Phi) is 6.53. The van der Waals surface area contributed by atoms with Gasteiger partial charge in [-0.25, -0.2) is 4.79 Å². The van der Waals surface area contributed by atoms with E-state index in [1.165, 1.54) is 0 Å². The molecule has 1 aromatic carbocycles. The van der Waals surface area contributed by atoms with E-state index in [0.717, 1.165) is 29.5 Å². The quantitative estimate of drug-likeness (QED) is 0.774. The van der Waals surface area contributed by atoms with Gasteiger partial charge in [-0.2, -0.15) is 0 Å². The Balaban J connectivity index is 3.28. The Morgan fingerprint density at radius 2 is 1.90 bits per heavy atom. The van der Waals surface area contributed by atoms with Gasteiger partial charge in [0.15, 0.2) is 0 Å². The standard InChI is InChI=1S/C16H24BrNO2/c1-5-13(6-2)18(10-11(3)4)15-8-7-12(17)9-14(15)16(19)20/h7-9,11,13H,5-6,10H2,1-4H3,(H,19,20). The van der Waals surface area contributed by atoms with Crippen molar-refractivity contribution < 1.29 is 9.90 Å². The van der Waals surface area contributed by atoms with Gasteiger partial charge in [-0.05, 0) is 37.0 Å². The van der Waals surface area contributed by atoms with Crippen molar-refractivity contribution in [1.82, 2.24) is 0 Å². The normalized spacial score (nSPS) is 11.2. The van der Waals surface area contributed by atoms with E-state index in [-0.39, 0.29) is 0 Å². The zero-order chi connectivity index (χ0) is 15.3. The highest BCUT2D eigenvalue weighted by Gasteiger charge is 2.22. The van der Waals surface area contributed by atoms with Crippen molar-refractivity contribution in [2.45, 2.75) is 46.6 Å². The minimum atomic E-state index is -0.874. The van der Waals surface area contributed by atoms with E-state index in [1.54, 1.807) is 6.07 Å². The zero-order valence-electron chi connectivity index (χ0n) is 12.7. The van der Waals surface area contributed by atoms with Crippen LogP contribution in [-0.2, 0) is 0 Å². The fourth-order valence-corrected chi connectivity index (χ4v) is 2.86. The molecule has 0 aliphatic carbocycles. The molecule has 1 N–H and O–H groups in total. The summed E-state index contributed by atoms with van der Waals surface area (Å²) in [6, 6.07) is 5.88. The molecule has 3 nitrogen and oxygen atoms in total. The van der Waals surface area contributed by atoms with Crippen LogP contribution in [0.2, 0.25) is 0 Å². The SMILES string of the molecule is CCC(CC)N(CC(C)C)c1ccc(Br)cc1C(=O)O. The molecule has 20 heavy (non-hydrogen) atoms. The van der Waals surface area contributed by atoms with Gasteiger partial charge in [-0.1, -0.05) is 43.6 Å². The summed E-state index contributed by atoms with van der Waals surface area (Å²) in [4.78, 5) is 13.8. The van der Waals surface area contributed by atoms with Gasteiger partial charge in [0.25, 0.3) is 0 Å². The predicted molar refractivity (Wildman–Crippen MR) is 87.7 cm³/mol. The van der Waals surface area contributed by atoms with E-state index in [1.807, 2.05) is 12.1 Å². The summed E-state index contributed by atoms with van der Waals surface area (Å²) in [5.41, 5.74) is 1.19. The highest BCUT2D eigenvalue weighted by atomic mass is 79.9. The molecule has 0 saturated heterocycles. The summed E-state index contributed by atoms with van der Waals surface area (Å²) in [5, 5.41) is 9.45. The summed E-state index contributed by atoms with van der Waals surface area (Å²) >= 11 is 3.35. The molecule has 1 aromatic rings. The Hall–Kier alpha value is -1.03. The molecule has 0 radical (unpaired) electrons. The van der Waals surface area contributed by atoms with Crippen LogP contribution in [0.15, 0.2) is 22.7 Å². The highest BCUT2D eigenvalue weighted by molar-refractivity contribution is 9.10. The first kappa shape index (κ1) is 17.0. The maximum absolute atomic E-state index is 11.5. The minimum Gasteiger partial charge on any atom is -0.478 e. The lowest BCUT2D eigenvalue weighted by Gasteiger charge is -2.35. The van der Waals surface area contributed by atoms with Gasteiger partial charge in [0.05, 0.1) is 11.3 Å². The molecule has 0 aromatic heterocycles. The molecular formula is C16H24BrNO2. The number of rotatable bonds is 7. The summed E-state index contributed by atoms with van der Waals surface area (Å²) in [6.45, 7) is 9.50. The van der Waals surface area contributed by atoms with Gasteiger partial charge in [-0.3, -0.25) is 0 Å². The predicted octanol–water partition coefficient (Wildman–Crippen LogP) is 4.80. The summed E-state index contributed by atoms with van der Waals surface area (Å²) < 4.78 is 0.799. The minimum absolute atomic E-state index is 0.368. The second kappa shape index (κ2) is 7.67. The van der Waals surface area contributed by atoms with Crippen LogP contribution >= 0.6 is 15.9 Å². The van der Waals surface area contributed by atoms with Gasteiger partial charge in [0.1, 0.15) is 0 Å². The van der Waals surface area contributed by atoms with Crippen molar-refractivity contribution in [3.63, 3.8) is 0 Å². The maximum Gasteiger partial charge on any atom is 0.337 e. The molecule has 0 saturated carbocycles. The Labute approximate surface area is 130 Å². The Morgan fingerprint density at radius 3 is 2.35 bits per heavy atom. The fraction of sp³-hybridized carbons (Fsp3) is 0.562. The summed E-state index contributed by atoms with van der Waals surface area (Å²) in [6.07, 6.45) is 2.02. The third-order valence-electron chi connectivity index (χ3n) is 3.44. The fourth-order valence-electron chi connectivity index (χ4n) is 2.50. The van der Waals surface area contributed by atoms with E-state index in [4.69, 9.17) is 0 Å². The lowest BCUT2D eigenvalue weighted by Crippen LogP contribution is -2.38. The third-order valence-corrected chi connectivity index (χ3v) is 3.94. The van der Waals surface area contributed by atoms with Crippen LogP contribution < -0.4 is 4.90 Å². The number of carbonyl (C=O) groups is 1. The van der Waals surface area contributed by atoms with Gasteiger partial charge in [-0.15, -0.1) is 0 Å². The molecule has 0 atom stereocenters. The number of halogens is 1. The number of hydrogen-bond donors (Lipinski definition) is 1. The number of benzene rings is 1. The molecule has 0 spiro atoms. The summed E-state index contributed by atoms with van der Waals surface area (Å²) in [5.74, 6) is -0.387. The third kappa shape index (κ3) is 4.23. The zero-order valence-corrected chi connectivity index (χ0v) is 14.3. The molecule has 0 aliphatic rings. The van der Waals surface area contributed by atoms with Crippen LogP contribution in [0.4, 0.5) is 5.69 Å². The molecule has 0 amide bonds. The number of anilines is 1. The van der Waals surface area contributed by atoms with Crippen molar-refractivity contribution in [3.8, 4) is 0 Å². The molecule has 4 heteroatoms. The van der Waals surface area contributed by atoms with Crippen molar-refractivity contribution >= 4 is 27.6 Å². The highest BCUT2D eigenvalue weighted by Crippen LogP contribution is 2.28. The van der Waals surface area contributed by atoms with E-state index >= 15 is 0 Å². The van der Waals surface area contributed by atoms with Gasteiger partial charge in [0, 0.05) is 17.1 Å². The van der Waals surface area contributed by atoms with Crippen molar-refractivity contribution in [2.24, 2.45) is 5.92 Å². The first-order valence-electron chi connectivity index (χ1n) is 7.20. The number of aromatic carboxylic acids is 1. The second-order valence-electron chi connectivity index (χ2n) is 5.48. The molecular weight excluding hydrogens is 318 g/mol. The van der Waals surface area contributed by atoms with E-state index in [0.29, 0.717) is 17.5 Å². The van der Waals surface area contributed by atoms with E-state index < -0.39 is 5.97 Å². The second-order valence-corrected chi connectivity index (χ2v) is 6.40. The van der Waals surface area contributed by atoms with Crippen LogP contribution in [0.25, 0.3) is 0 Å². The monoisotopic (exact) mass is 341 g/mol. The molecule has 0 aliphatic heterocycles. The first-order chi connectivity index (χ1) is 9.40. The number of carboxylic acids is 1. The lowest BCUT2D eigenvalue weighted by atomic mass is 10.0. The molecule has 0 unspecified atom stereocenters. The topological polar surface area (TPSA) is 40.5 Å². The van der Waals surface area contributed by atoms with E-state index in [9.17, 15) is 9.90 Å². The van der Waals surface area contributed by atoms with Crippen molar-refractivity contribution in [3.05, 3.63) is 28.2 Å². The lowest BCUT2D eigenvalue weighted by molar-refractivity contribution is 0.0697. The summed E-state index contributed by atoms with van der Waals surface area (Å²) in [7, 11) is 0. The molecule has 0 fully saturated rings. The van der Waals surface area contributed by atoms with Crippen molar-refractivity contribution in [1.29, 1.82) is 0 Å². The molecule has 0 heterocycles. The smallest absolute Gasteiger partial charge is 0.337 e. The first-order valence-corrected chi connectivity index (χ1v) is 7.99. The molecule has 0 bridgehead atoms. The molecule has 1 rings (SSSR count). The molecule has 112 valence electrons. The largest absolute Gasteiger partial charge is 0.478 e. The van der Waals surface area contributed by atoms with Crippen LogP contribution in [0, 0.1) is 5.92 Å². The van der Waals surface area contributed by atoms with Crippen molar-refractivity contribution in [2.75, 3.05) is 11.4 Å². The van der Waals surface area contributed by atoms with Crippen LogP contribution in [0.3, 0.4) is 0 Å². The van der Waals surface area contributed by atoms with Gasteiger partial charge < -0.3 is 10.0 Å². The maximum atomic E-state index is 11.5.